The van der Waals surface area contributed by atoms with Crippen molar-refractivity contribution in [3.05, 3.63) is 0 Å². The second kappa shape index (κ2) is 18.4. The van der Waals surface area contributed by atoms with Crippen LogP contribution >= 0.6 is 0 Å². The quantitative estimate of drug-likeness (QED) is 0.371. The van der Waals surface area contributed by atoms with E-state index in [-0.39, 0.29) is 40.1 Å². The molecule has 0 aromatic rings. The first-order chi connectivity index (χ1) is 1.00. The van der Waals surface area contributed by atoms with Gasteiger partial charge in [0.2, 0.25) is 0 Å². The van der Waals surface area contributed by atoms with E-state index in [1.165, 1.54) is 0 Å². The van der Waals surface area contributed by atoms with Crippen LogP contribution in [0.4, 0.5) is 0 Å². The minimum Gasteiger partial charge on any atom is 0 e. The van der Waals surface area contributed by atoms with Crippen LogP contribution in [-0.2, 0) is 31.2 Å². The van der Waals surface area contributed by atoms with Gasteiger partial charge < -0.3 is 0 Å². The summed E-state index contributed by atoms with van der Waals surface area (Å²) in [5.41, 5.74) is 0. The summed E-state index contributed by atoms with van der Waals surface area (Å²) in [4.78, 5) is 0. The molecule has 0 aliphatic rings. The Labute approximate surface area is 67.8 Å². The average molecular weight is 166 g/mol. The van der Waals surface area contributed by atoms with Gasteiger partial charge in [0, 0.05) is 17.1 Å². The zero-order valence-corrected chi connectivity index (χ0v) is 6.02. The topological polar surface area (TPSA) is 0 Å². The second-order valence-electron chi connectivity index (χ2n) is 0. The first kappa shape index (κ1) is 16.2. The Morgan fingerprint density at radius 3 is 1.25 bits per heavy atom. The minimum absolute atomic E-state index is 0. The SMILES string of the molecule is [AlH2][Fe].[MgH2].[Mn]. The molecule has 0 saturated heterocycles. The molecule has 0 aliphatic heterocycles. The van der Waals surface area contributed by atoms with Crippen LogP contribution in [0.5, 0.6) is 0 Å². The van der Waals surface area contributed by atoms with Crippen molar-refractivity contribution in [1.29, 1.82) is 0 Å². The zero-order valence-electron chi connectivity index (χ0n) is 1.73. The van der Waals surface area contributed by atoms with E-state index in [1.54, 1.807) is 0 Å². The van der Waals surface area contributed by atoms with Gasteiger partial charge in [0.25, 0.3) is 0 Å². The summed E-state index contributed by atoms with van der Waals surface area (Å²) in [6.07, 6.45) is 0. The third kappa shape index (κ3) is 8.84. The van der Waals surface area contributed by atoms with Crippen LogP contribution < -0.4 is 0 Å². The normalized spacial score (nSPS) is 1.25. The van der Waals surface area contributed by atoms with Crippen molar-refractivity contribution in [2.24, 2.45) is 0 Å². The van der Waals surface area contributed by atoms with Crippen LogP contribution in [0.25, 0.3) is 0 Å². The summed E-state index contributed by atoms with van der Waals surface area (Å²) in [5, 5.41) is 0. The van der Waals surface area contributed by atoms with E-state index >= 15 is 0 Å². The summed E-state index contributed by atoms with van der Waals surface area (Å²) in [7, 11) is 0. The Hall–Kier alpha value is 2.34. The van der Waals surface area contributed by atoms with E-state index in [0.717, 1.165) is 14.4 Å². The van der Waals surface area contributed by atoms with Gasteiger partial charge in [-0.05, 0) is 0 Å². The molecule has 0 saturated carbocycles. The Morgan fingerprint density at radius 2 is 1.25 bits per heavy atom. The minimum atomic E-state index is 0. The van der Waals surface area contributed by atoms with Crippen LogP contribution in [0, 0.1) is 0 Å². The van der Waals surface area contributed by atoms with Gasteiger partial charge in [0.05, 0.1) is 0 Å². The van der Waals surface area contributed by atoms with Crippen molar-refractivity contribution < 1.29 is 31.2 Å². The van der Waals surface area contributed by atoms with Crippen molar-refractivity contribution in [3.8, 4) is 0 Å². The predicted octanol–water partition coefficient (Wildman–Crippen LogP) is -1.84. The molecule has 0 N–H and O–H groups in total. The fourth-order valence-corrected chi connectivity index (χ4v) is 0. The molecule has 0 bridgehead atoms. The smallest absolute Gasteiger partial charge is 0 e. The van der Waals surface area contributed by atoms with Crippen molar-refractivity contribution in [2.45, 2.75) is 0 Å². The first-order valence-corrected chi connectivity index (χ1v) is 4.37. The molecular formula is H4AlFeMgMn. The van der Waals surface area contributed by atoms with Crippen molar-refractivity contribution >= 4 is 37.5 Å². The molecule has 0 spiro atoms. The summed E-state index contributed by atoms with van der Waals surface area (Å²) in [6, 6.07) is 0. The molecule has 24 valence electrons. The molecule has 0 amide bonds. The third-order valence-electron chi connectivity index (χ3n) is 0. The molecule has 0 nitrogen and oxygen atoms in total. The Balaban J connectivity index is -0.00000000500. The molecule has 0 atom stereocenters. The van der Waals surface area contributed by atoms with Crippen LogP contribution in [0.2, 0.25) is 0 Å². The second-order valence-corrected chi connectivity index (χ2v) is 0. The molecule has 4 heteroatoms. The van der Waals surface area contributed by atoms with E-state index in [2.05, 4.69) is 14.1 Å². The third-order valence-corrected chi connectivity index (χ3v) is 0. The van der Waals surface area contributed by atoms with E-state index in [0.29, 0.717) is 0 Å². The van der Waals surface area contributed by atoms with E-state index in [4.69, 9.17) is 0 Å². The van der Waals surface area contributed by atoms with Gasteiger partial charge in [-0.1, -0.05) is 0 Å². The van der Waals surface area contributed by atoms with Crippen LogP contribution in [-0.4, -0.2) is 37.5 Å². The summed E-state index contributed by atoms with van der Waals surface area (Å²) >= 11 is 4.44. The average Bonchev–Trinajstić information content (AvgIpc) is 1.00. The molecule has 4 heavy (non-hydrogen) atoms. The van der Waals surface area contributed by atoms with Gasteiger partial charge in [-0.15, -0.1) is 0 Å². The van der Waals surface area contributed by atoms with Crippen molar-refractivity contribution in [3.63, 3.8) is 0 Å². The van der Waals surface area contributed by atoms with Crippen LogP contribution in [0.3, 0.4) is 0 Å². The Bertz CT molecular complexity index is 8.00. The molecule has 0 aliphatic carbocycles. The first-order valence-electron chi connectivity index (χ1n) is 0.354. The Morgan fingerprint density at radius 1 is 1.25 bits per heavy atom. The van der Waals surface area contributed by atoms with Crippen LogP contribution in [0.15, 0.2) is 0 Å². The maximum atomic E-state index is 3.39. The predicted molar refractivity (Wildman–Crippen MR) is 17.1 cm³/mol. The largest absolute Gasteiger partial charge is 0.316 e. The fraction of sp³-hybridized carbons (Fsp3) is 0. The molecule has 0 aromatic heterocycles. The van der Waals surface area contributed by atoms with Gasteiger partial charge in [-0.3, -0.25) is 0 Å². The molecule has 0 heterocycles. The Kier molecular flexibility index (Phi) is 74.5. The van der Waals surface area contributed by atoms with Gasteiger partial charge >= 0.3 is 51.6 Å². The molecular weight excluding hydrogens is 162 g/mol. The molecule has 0 fully saturated rings. The summed E-state index contributed by atoms with van der Waals surface area (Å²) < 4.78 is 0. The fourth-order valence-electron chi connectivity index (χ4n) is 0. The van der Waals surface area contributed by atoms with E-state index < -0.39 is 0 Å². The monoisotopic (exact) mass is 166 g/mol. The maximum Gasteiger partial charge on any atom is 0.316 e. The van der Waals surface area contributed by atoms with Gasteiger partial charge in [0.15, 0.2) is 0 Å². The van der Waals surface area contributed by atoms with E-state index in [9.17, 15) is 0 Å². The van der Waals surface area contributed by atoms with Gasteiger partial charge in [-0.25, -0.2) is 0 Å². The summed E-state index contributed by atoms with van der Waals surface area (Å²) in [5.74, 6) is 0. The summed E-state index contributed by atoms with van der Waals surface area (Å²) in [6.45, 7) is 0. The van der Waals surface area contributed by atoms with Crippen molar-refractivity contribution in [1.82, 2.24) is 0 Å². The maximum absolute atomic E-state index is 3.39. The molecule has 0 aromatic carbocycles. The van der Waals surface area contributed by atoms with Crippen molar-refractivity contribution in [2.75, 3.05) is 0 Å². The number of rotatable bonds is 0. The number of hydrogen-bond donors (Lipinski definition) is 0. The van der Waals surface area contributed by atoms with Gasteiger partial charge in [-0.2, -0.15) is 0 Å². The van der Waals surface area contributed by atoms with E-state index in [1.807, 2.05) is 0 Å². The standard InChI is InChI=1S/Al.Fe.Mg.Mn.4H. The molecule has 0 unspecified atom stereocenters. The number of hydrogen-bond acceptors (Lipinski definition) is 0. The molecule has 1 radical (unpaired) electrons. The zero-order chi connectivity index (χ0) is 2.00. The van der Waals surface area contributed by atoms with Gasteiger partial charge in [0.1, 0.15) is 0 Å². The molecule has 0 rings (SSSR count). The van der Waals surface area contributed by atoms with Crippen LogP contribution in [0.1, 0.15) is 0 Å².